The molecule has 0 aliphatic carbocycles. The van der Waals surface area contributed by atoms with Crippen molar-refractivity contribution in [3.05, 3.63) is 65.2 Å². The third-order valence-corrected chi connectivity index (χ3v) is 3.63. The quantitative estimate of drug-likeness (QED) is 0.752. The zero-order valence-electron chi connectivity index (χ0n) is 12.2. The van der Waals surface area contributed by atoms with E-state index in [1.165, 1.54) is 0 Å². The summed E-state index contributed by atoms with van der Waals surface area (Å²) < 4.78 is 5.19. The number of carbonyl (C=O) groups excluding carboxylic acids is 1. The predicted molar refractivity (Wildman–Crippen MR) is 81.5 cm³/mol. The van der Waals surface area contributed by atoms with E-state index in [9.17, 15) is 4.79 Å². The fourth-order valence-corrected chi connectivity index (χ4v) is 2.49. The molecule has 0 N–H and O–H groups in total. The number of hydrogen-bond acceptors (Lipinski definition) is 2. The summed E-state index contributed by atoms with van der Waals surface area (Å²) >= 11 is 0. The first kappa shape index (κ1) is 14.3. The Morgan fingerprint density at radius 1 is 1.15 bits per heavy atom. The van der Waals surface area contributed by atoms with Crippen LogP contribution in [-0.4, -0.2) is 12.9 Å². The molecule has 0 amide bonds. The summed E-state index contributed by atoms with van der Waals surface area (Å²) in [6, 6.07) is 15.6. The molecule has 0 fully saturated rings. The Morgan fingerprint density at radius 3 is 2.40 bits per heavy atom. The topological polar surface area (TPSA) is 26.3 Å². The second-order valence-corrected chi connectivity index (χ2v) is 4.92. The largest absolute Gasteiger partial charge is 0.497 e. The van der Waals surface area contributed by atoms with Gasteiger partial charge in [-0.05, 0) is 42.7 Å². The molecule has 2 rings (SSSR count). The highest BCUT2D eigenvalue weighted by atomic mass is 16.5. The fourth-order valence-electron chi connectivity index (χ4n) is 2.49. The van der Waals surface area contributed by atoms with Crippen LogP contribution < -0.4 is 4.74 Å². The molecule has 0 aromatic heterocycles. The number of Topliss-reactive ketones (excluding diaryl/α,β-unsaturated/α-hetero) is 1. The van der Waals surface area contributed by atoms with E-state index in [4.69, 9.17) is 4.74 Å². The third-order valence-electron chi connectivity index (χ3n) is 3.63. The van der Waals surface area contributed by atoms with Gasteiger partial charge in [-0.25, -0.2) is 0 Å². The lowest BCUT2D eigenvalue weighted by Gasteiger charge is -2.16. The van der Waals surface area contributed by atoms with Crippen LogP contribution in [0.1, 0.15) is 40.7 Å². The molecule has 20 heavy (non-hydrogen) atoms. The normalized spacial score (nSPS) is 11.9. The van der Waals surface area contributed by atoms with Crippen LogP contribution in [0, 0.1) is 6.92 Å². The van der Waals surface area contributed by atoms with Crippen molar-refractivity contribution in [2.24, 2.45) is 0 Å². The number of carbonyl (C=O) groups is 1. The van der Waals surface area contributed by atoms with Crippen molar-refractivity contribution in [3.63, 3.8) is 0 Å². The lowest BCUT2D eigenvalue weighted by atomic mass is 9.87. The second kappa shape index (κ2) is 6.38. The van der Waals surface area contributed by atoms with Crippen molar-refractivity contribution < 1.29 is 9.53 Å². The predicted octanol–water partition coefficient (Wildman–Crippen LogP) is 4.38. The van der Waals surface area contributed by atoms with Crippen molar-refractivity contribution >= 4 is 5.78 Å². The van der Waals surface area contributed by atoms with Crippen molar-refractivity contribution in [2.45, 2.75) is 26.2 Å². The molecule has 2 nitrogen and oxygen atoms in total. The smallest absolute Gasteiger partial charge is 0.170 e. The number of benzene rings is 2. The van der Waals surface area contributed by atoms with Crippen LogP contribution in [0.15, 0.2) is 48.5 Å². The number of rotatable bonds is 5. The Kier molecular flexibility index (Phi) is 4.57. The van der Waals surface area contributed by atoms with Gasteiger partial charge in [-0.2, -0.15) is 0 Å². The van der Waals surface area contributed by atoms with Crippen molar-refractivity contribution in [3.8, 4) is 5.75 Å². The molecule has 0 heterocycles. The molecule has 2 aromatic rings. The van der Waals surface area contributed by atoms with Gasteiger partial charge in [0.15, 0.2) is 5.78 Å². The Bertz CT molecular complexity index is 588. The van der Waals surface area contributed by atoms with Crippen LogP contribution in [0.3, 0.4) is 0 Å². The van der Waals surface area contributed by atoms with Gasteiger partial charge in [0.05, 0.1) is 7.11 Å². The zero-order chi connectivity index (χ0) is 14.5. The molecule has 104 valence electrons. The monoisotopic (exact) mass is 268 g/mol. The highest BCUT2D eigenvalue weighted by Gasteiger charge is 2.21. The summed E-state index contributed by atoms with van der Waals surface area (Å²) in [6.45, 7) is 4.00. The molecule has 0 bridgehead atoms. The first-order valence-corrected chi connectivity index (χ1v) is 6.91. The molecule has 0 aliphatic heterocycles. The second-order valence-electron chi connectivity index (χ2n) is 4.92. The van der Waals surface area contributed by atoms with Gasteiger partial charge in [-0.3, -0.25) is 4.79 Å². The first-order chi connectivity index (χ1) is 9.67. The van der Waals surface area contributed by atoms with Gasteiger partial charge in [0.1, 0.15) is 5.75 Å². The Labute approximate surface area is 120 Å². The zero-order valence-corrected chi connectivity index (χ0v) is 12.2. The standard InChI is InChI=1S/C18H20O2/c1-4-16(14-8-6-5-7-9-14)18(19)17-11-10-15(20-3)12-13(17)2/h5-12,16H,4H2,1-3H3. The lowest BCUT2D eigenvalue weighted by molar-refractivity contribution is 0.0956. The van der Waals surface area contributed by atoms with E-state index >= 15 is 0 Å². The van der Waals surface area contributed by atoms with Crippen LogP contribution in [-0.2, 0) is 0 Å². The minimum atomic E-state index is -0.0803. The maximum Gasteiger partial charge on any atom is 0.170 e. The Hall–Kier alpha value is -2.09. The summed E-state index contributed by atoms with van der Waals surface area (Å²) in [5.41, 5.74) is 2.82. The summed E-state index contributed by atoms with van der Waals surface area (Å²) in [6.07, 6.45) is 0.800. The molecule has 0 saturated carbocycles. The lowest BCUT2D eigenvalue weighted by Crippen LogP contribution is -2.13. The minimum absolute atomic E-state index is 0.0803. The van der Waals surface area contributed by atoms with Crippen LogP contribution in [0.25, 0.3) is 0 Å². The van der Waals surface area contributed by atoms with Crippen molar-refractivity contribution in [1.82, 2.24) is 0 Å². The summed E-state index contributed by atoms with van der Waals surface area (Å²) in [5.74, 6) is 0.883. The van der Waals surface area contributed by atoms with Crippen LogP contribution in [0.2, 0.25) is 0 Å². The molecule has 1 unspecified atom stereocenters. The summed E-state index contributed by atoms with van der Waals surface area (Å²) in [7, 11) is 1.63. The first-order valence-electron chi connectivity index (χ1n) is 6.91. The number of ketones is 1. The van der Waals surface area contributed by atoms with E-state index in [2.05, 4.69) is 6.92 Å². The van der Waals surface area contributed by atoms with E-state index in [-0.39, 0.29) is 11.7 Å². The van der Waals surface area contributed by atoms with E-state index in [1.807, 2.05) is 55.5 Å². The van der Waals surface area contributed by atoms with Crippen molar-refractivity contribution in [2.75, 3.05) is 7.11 Å². The Balaban J connectivity index is 2.34. The van der Waals surface area contributed by atoms with Gasteiger partial charge in [0, 0.05) is 11.5 Å². The van der Waals surface area contributed by atoms with E-state index in [0.29, 0.717) is 0 Å². The molecule has 0 saturated heterocycles. The van der Waals surface area contributed by atoms with Gasteiger partial charge in [-0.1, -0.05) is 37.3 Å². The van der Waals surface area contributed by atoms with Crippen LogP contribution in [0.5, 0.6) is 5.75 Å². The molecule has 0 spiro atoms. The minimum Gasteiger partial charge on any atom is -0.497 e. The molecule has 2 heteroatoms. The maximum absolute atomic E-state index is 12.8. The average molecular weight is 268 g/mol. The van der Waals surface area contributed by atoms with Crippen LogP contribution >= 0.6 is 0 Å². The highest BCUT2D eigenvalue weighted by molar-refractivity contribution is 6.02. The molecular weight excluding hydrogens is 248 g/mol. The molecule has 0 radical (unpaired) electrons. The van der Waals surface area contributed by atoms with Gasteiger partial charge >= 0.3 is 0 Å². The number of aryl methyl sites for hydroxylation is 1. The molecule has 2 aromatic carbocycles. The van der Waals surface area contributed by atoms with Gasteiger partial charge in [-0.15, -0.1) is 0 Å². The number of hydrogen-bond donors (Lipinski definition) is 0. The average Bonchev–Trinajstić information content (AvgIpc) is 2.48. The molecular formula is C18H20O2. The SMILES string of the molecule is CCC(C(=O)c1ccc(OC)cc1C)c1ccccc1. The summed E-state index contributed by atoms with van der Waals surface area (Å²) in [5, 5.41) is 0. The molecule has 1 atom stereocenters. The van der Waals surface area contributed by atoms with Crippen LogP contribution in [0.4, 0.5) is 0 Å². The van der Waals surface area contributed by atoms with Gasteiger partial charge in [0.2, 0.25) is 0 Å². The van der Waals surface area contributed by atoms with Gasteiger partial charge in [0.25, 0.3) is 0 Å². The van der Waals surface area contributed by atoms with E-state index in [0.717, 1.165) is 28.9 Å². The number of ether oxygens (including phenoxy) is 1. The van der Waals surface area contributed by atoms with Crippen molar-refractivity contribution in [1.29, 1.82) is 0 Å². The maximum atomic E-state index is 12.8. The van der Waals surface area contributed by atoms with E-state index in [1.54, 1.807) is 7.11 Å². The third kappa shape index (κ3) is 2.90. The number of methoxy groups -OCH3 is 1. The van der Waals surface area contributed by atoms with Gasteiger partial charge < -0.3 is 4.74 Å². The fraction of sp³-hybridized carbons (Fsp3) is 0.278. The molecule has 0 aliphatic rings. The Morgan fingerprint density at radius 2 is 1.85 bits per heavy atom. The summed E-state index contributed by atoms with van der Waals surface area (Å²) in [4.78, 5) is 12.8. The highest BCUT2D eigenvalue weighted by Crippen LogP contribution is 2.27. The van der Waals surface area contributed by atoms with E-state index < -0.39 is 0 Å².